The van der Waals surface area contributed by atoms with Gasteiger partial charge in [0.25, 0.3) is 5.91 Å². The molecule has 4 aromatic carbocycles. The Labute approximate surface area is 214 Å². The fourth-order valence-corrected chi connectivity index (χ4v) is 5.13. The van der Waals surface area contributed by atoms with Crippen LogP contribution in [-0.2, 0) is 16.6 Å². The molecule has 1 heterocycles. The minimum absolute atomic E-state index is 0.114. The van der Waals surface area contributed by atoms with Crippen molar-refractivity contribution in [1.82, 2.24) is 0 Å². The molecule has 0 unspecified atom stereocenters. The van der Waals surface area contributed by atoms with E-state index in [1.54, 1.807) is 48.5 Å². The Balaban J connectivity index is 1.33. The van der Waals surface area contributed by atoms with Gasteiger partial charge in [0.2, 0.25) is 10.0 Å². The van der Waals surface area contributed by atoms with Crippen molar-refractivity contribution in [3.8, 4) is 0 Å². The number of nitrogens with zero attached hydrogens (tertiary/aromatic N) is 1. The molecular weight excluding hydrogens is 496 g/mol. The Kier molecular flexibility index (Phi) is 6.20. The van der Waals surface area contributed by atoms with Gasteiger partial charge in [-0.3, -0.25) is 9.10 Å². The number of carbonyl (C=O) groups is 1. The first kappa shape index (κ1) is 23.9. The lowest BCUT2D eigenvalue weighted by Gasteiger charge is -2.23. The summed E-state index contributed by atoms with van der Waals surface area (Å²) in [6.45, 7) is 1.97. The summed E-state index contributed by atoms with van der Waals surface area (Å²) in [5, 5.41) is 5.40. The van der Waals surface area contributed by atoms with Gasteiger partial charge in [0.15, 0.2) is 0 Å². The summed E-state index contributed by atoms with van der Waals surface area (Å²) >= 11 is 6.21. The van der Waals surface area contributed by atoms with Crippen molar-refractivity contribution in [2.45, 2.75) is 13.5 Å². The predicted molar refractivity (Wildman–Crippen MR) is 145 cm³/mol. The van der Waals surface area contributed by atoms with Crippen LogP contribution in [0.25, 0.3) is 21.9 Å². The zero-order valence-electron chi connectivity index (χ0n) is 19.7. The van der Waals surface area contributed by atoms with Crippen molar-refractivity contribution in [3.05, 3.63) is 107 Å². The molecule has 0 aliphatic heterocycles. The molecule has 0 aliphatic rings. The van der Waals surface area contributed by atoms with Gasteiger partial charge in [0, 0.05) is 33.1 Å². The van der Waals surface area contributed by atoms with E-state index in [4.69, 9.17) is 16.0 Å². The highest BCUT2D eigenvalue weighted by atomic mass is 35.5. The molecule has 0 saturated carbocycles. The molecule has 0 radical (unpaired) electrons. The molecule has 0 fully saturated rings. The molecule has 0 aliphatic carbocycles. The van der Waals surface area contributed by atoms with Crippen LogP contribution in [0.3, 0.4) is 0 Å². The summed E-state index contributed by atoms with van der Waals surface area (Å²) in [5.41, 5.74) is 4.64. The van der Waals surface area contributed by atoms with Crippen molar-refractivity contribution in [2.24, 2.45) is 0 Å². The van der Waals surface area contributed by atoms with E-state index < -0.39 is 10.0 Å². The first-order chi connectivity index (χ1) is 17.2. The summed E-state index contributed by atoms with van der Waals surface area (Å²) in [4.78, 5) is 12.8. The van der Waals surface area contributed by atoms with E-state index in [1.807, 2.05) is 43.3 Å². The highest BCUT2D eigenvalue weighted by Crippen LogP contribution is 2.30. The number of hydrogen-bond acceptors (Lipinski definition) is 4. The molecule has 0 bridgehead atoms. The molecule has 1 aromatic heterocycles. The minimum Gasteiger partial charge on any atom is -0.456 e. The summed E-state index contributed by atoms with van der Waals surface area (Å²) < 4.78 is 32.1. The maximum atomic E-state index is 12.8. The first-order valence-corrected chi connectivity index (χ1v) is 13.5. The molecule has 1 amide bonds. The predicted octanol–water partition coefficient (Wildman–Crippen LogP) is 6.77. The number of sulfonamides is 1. The normalized spacial score (nSPS) is 11.6. The molecule has 1 N–H and O–H groups in total. The standard InChI is InChI=1S/C28H23ClN2O4S/c1-18-7-13-22(16-25(18)29)31(36(2,33)34)17-19-8-10-20(11-9-19)28(32)30-21-12-14-24-23-5-3-4-6-26(23)35-27(24)15-21/h3-16H,17H2,1-2H3,(H,30,32). The van der Waals surface area contributed by atoms with E-state index in [2.05, 4.69) is 5.32 Å². The molecule has 8 heteroatoms. The average molecular weight is 519 g/mol. The molecule has 0 saturated heterocycles. The maximum Gasteiger partial charge on any atom is 0.255 e. The van der Waals surface area contributed by atoms with E-state index in [0.29, 0.717) is 27.5 Å². The van der Waals surface area contributed by atoms with Gasteiger partial charge in [0.1, 0.15) is 11.2 Å². The topological polar surface area (TPSA) is 79.6 Å². The number of benzene rings is 4. The molecule has 0 spiro atoms. The molecule has 6 nitrogen and oxygen atoms in total. The number of carbonyl (C=O) groups excluding carboxylic acids is 1. The van der Waals surface area contributed by atoms with Gasteiger partial charge in [-0.25, -0.2) is 8.42 Å². The largest absolute Gasteiger partial charge is 0.456 e. The maximum absolute atomic E-state index is 12.8. The van der Waals surface area contributed by atoms with Gasteiger partial charge < -0.3 is 9.73 Å². The number of furan rings is 1. The molecule has 182 valence electrons. The van der Waals surface area contributed by atoms with E-state index >= 15 is 0 Å². The summed E-state index contributed by atoms with van der Waals surface area (Å²) in [6, 6.07) is 25.3. The quantitative estimate of drug-likeness (QED) is 0.269. The second-order valence-electron chi connectivity index (χ2n) is 8.66. The van der Waals surface area contributed by atoms with E-state index in [0.717, 1.165) is 33.7 Å². The molecule has 5 aromatic rings. The monoisotopic (exact) mass is 518 g/mol. The molecule has 5 rings (SSSR count). The zero-order chi connectivity index (χ0) is 25.4. The van der Waals surface area contributed by atoms with Crippen LogP contribution < -0.4 is 9.62 Å². The number of para-hydroxylation sites is 1. The first-order valence-electron chi connectivity index (χ1n) is 11.2. The molecular formula is C28H23ClN2O4S. The number of rotatable bonds is 6. The minimum atomic E-state index is -3.55. The van der Waals surface area contributed by atoms with Gasteiger partial charge in [0.05, 0.1) is 18.5 Å². The van der Waals surface area contributed by atoms with E-state index in [-0.39, 0.29) is 12.5 Å². The van der Waals surface area contributed by atoms with Crippen LogP contribution in [0.2, 0.25) is 5.02 Å². The Morgan fingerprint density at radius 3 is 2.36 bits per heavy atom. The third-order valence-electron chi connectivity index (χ3n) is 6.02. The van der Waals surface area contributed by atoms with E-state index in [9.17, 15) is 13.2 Å². The average Bonchev–Trinajstić information content (AvgIpc) is 3.22. The van der Waals surface area contributed by atoms with Crippen LogP contribution in [0.4, 0.5) is 11.4 Å². The highest BCUT2D eigenvalue weighted by molar-refractivity contribution is 7.92. The lowest BCUT2D eigenvalue weighted by molar-refractivity contribution is 0.102. The number of halogens is 1. The Hall–Kier alpha value is -3.81. The van der Waals surface area contributed by atoms with Crippen LogP contribution in [0, 0.1) is 6.92 Å². The number of anilines is 2. The van der Waals surface area contributed by atoms with Gasteiger partial charge >= 0.3 is 0 Å². The van der Waals surface area contributed by atoms with Gasteiger partial charge in [-0.2, -0.15) is 0 Å². The van der Waals surface area contributed by atoms with Crippen LogP contribution >= 0.6 is 11.6 Å². The lowest BCUT2D eigenvalue weighted by atomic mass is 10.1. The Bertz CT molecular complexity index is 1710. The third kappa shape index (κ3) is 4.80. The van der Waals surface area contributed by atoms with Crippen molar-refractivity contribution in [1.29, 1.82) is 0 Å². The smallest absolute Gasteiger partial charge is 0.255 e. The fourth-order valence-electron chi connectivity index (χ4n) is 4.07. The van der Waals surface area contributed by atoms with Gasteiger partial charge in [-0.15, -0.1) is 0 Å². The second-order valence-corrected chi connectivity index (χ2v) is 11.0. The Morgan fingerprint density at radius 2 is 1.64 bits per heavy atom. The number of nitrogens with one attached hydrogen (secondary N) is 1. The van der Waals surface area contributed by atoms with Gasteiger partial charge in [-0.05, 0) is 60.5 Å². The molecule has 0 atom stereocenters. The summed E-state index contributed by atoms with van der Waals surface area (Å²) in [6.07, 6.45) is 1.15. The third-order valence-corrected chi connectivity index (χ3v) is 7.57. The highest BCUT2D eigenvalue weighted by Gasteiger charge is 2.19. The summed E-state index contributed by atoms with van der Waals surface area (Å²) in [7, 11) is -3.55. The number of aryl methyl sites for hydroxylation is 1. The van der Waals surface area contributed by atoms with Crippen LogP contribution in [-0.4, -0.2) is 20.6 Å². The number of amides is 1. The fraction of sp³-hybridized carbons (Fsp3) is 0.107. The van der Waals surface area contributed by atoms with Gasteiger partial charge in [-0.1, -0.05) is 48.0 Å². The number of fused-ring (bicyclic) bond motifs is 3. The Morgan fingerprint density at radius 1 is 0.917 bits per heavy atom. The second kappa shape index (κ2) is 9.33. The van der Waals surface area contributed by atoms with Crippen molar-refractivity contribution in [3.63, 3.8) is 0 Å². The number of hydrogen-bond donors (Lipinski definition) is 1. The van der Waals surface area contributed by atoms with Crippen molar-refractivity contribution < 1.29 is 17.6 Å². The van der Waals surface area contributed by atoms with Crippen molar-refractivity contribution >= 4 is 60.8 Å². The molecule has 36 heavy (non-hydrogen) atoms. The van der Waals surface area contributed by atoms with Crippen LogP contribution in [0.5, 0.6) is 0 Å². The van der Waals surface area contributed by atoms with Crippen molar-refractivity contribution in [2.75, 3.05) is 15.9 Å². The SMILES string of the molecule is Cc1ccc(N(Cc2ccc(C(=O)Nc3ccc4c(c3)oc3ccccc34)cc2)S(C)(=O)=O)cc1Cl. The zero-order valence-corrected chi connectivity index (χ0v) is 21.2. The van der Waals surface area contributed by atoms with Crippen LogP contribution in [0.1, 0.15) is 21.5 Å². The van der Waals surface area contributed by atoms with Crippen LogP contribution in [0.15, 0.2) is 89.3 Å². The summed E-state index contributed by atoms with van der Waals surface area (Å²) in [5.74, 6) is -0.276. The lowest BCUT2D eigenvalue weighted by Crippen LogP contribution is -2.29. The van der Waals surface area contributed by atoms with E-state index in [1.165, 1.54) is 4.31 Å².